The summed E-state index contributed by atoms with van der Waals surface area (Å²) in [7, 11) is 1.48. The van der Waals surface area contributed by atoms with Crippen LogP contribution in [0.25, 0.3) is 0 Å². The van der Waals surface area contributed by atoms with E-state index in [4.69, 9.17) is 21.1 Å². The first-order valence-electron chi connectivity index (χ1n) is 5.45. The standard InChI is InChI=1S/C10H15ClN4O2/c1-10(4-3-5-17-10)6-12-8-13-7(11)14-9(15-8)16-2/h3-6H2,1-2H3,(H,12,13,14,15). The Bertz CT molecular complexity index is 396. The van der Waals surface area contributed by atoms with Crippen LogP contribution in [0, 0.1) is 0 Å². The molecule has 0 spiro atoms. The molecule has 0 bridgehead atoms. The molecule has 1 aliphatic heterocycles. The zero-order valence-electron chi connectivity index (χ0n) is 9.86. The molecule has 1 aromatic rings. The lowest BCUT2D eigenvalue weighted by Crippen LogP contribution is -2.33. The monoisotopic (exact) mass is 258 g/mol. The van der Waals surface area contributed by atoms with Gasteiger partial charge in [0.25, 0.3) is 0 Å². The van der Waals surface area contributed by atoms with E-state index in [-0.39, 0.29) is 16.9 Å². The molecule has 1 fully saturated rings. The molecule has 2 rings (SSSR count). The molecule has 1 aliphatic rings. The first-order valence-corrected chi connectivity index (χ1v) is 5.82. The number of methoxy groups -OCH3 is 1. The molecule has 1 aromatic heterocycles. The fourth-order valence-corrected chi connectivity index (χ4v) is 1.90. The maximum Gasteiger partial charge on any atom is 0.322 e. The molecule has 94 valence electrons. The number of halogens is 1. The fraction of sp³-hybridized carbons (Fsp3) is 0.700. The van der Waals surface area contributed by atoms with E-state index in [1.807, 2.05) is 0 Å². The van der Waals surface area contributed by atoms with Crippen LogP contribution in [0.3, 0.4) is 0 Å². The van der Waals surface area contributed by atoms with Gasteiger partial charge >= 0.3 is 6.01 Å². The molecule has 17 heavy (non-hydrogen) atoms. The predicted molar refractivity (Wildman–Crippen MR) is 63.5 cm³/mol. The summed E-state index contributed by atoms with van der Waals surface area (Å²) in [4.78, 5) is 11.8. The summed E-state index contributed by atoms with van der Waals surface area (Å²) in [6.07, 6.45) is 2.11. The van der Waals surface area contributed by atoms with Crippen LogP contribution < -0.4 is 10.1 Å². The van der Waals surface area contributed by atoms with E-state index in [0.29, 0.717) is 12.5 Å². The summed E-state index contributed by atoms with van der Waals surface area (Å²) in [6, 6.07) is 0.199. The van der Waals surface area contributed by atoms with Crippen molar-refractivity contribution >= 4 is 17.5 Å². The Morgan fingerprint density at radius 1 is 1.47 bits per heavy atom. The zero-order chi connectivity index (χ0) is 12.3. The van der Waals surface area contributed by atoms with Crippen molar-refractivity contribution in [2.75, 3.05) is 25.6 Å². The smallest absolute Gasteiger partial charge is 0.322 e. The van der Waals surface area contributed by atoms with Gasteiger partial charge < -0.3 is 14.8 Å². The first-order chi connectivity index (χ1) is 8.11. The van der Waals surface area contributed by atoms with Crippen LogP contribution >= 0.6 is 11.6 Å². The van der Waals surface area contributed by atoms with Gasteiger partial charge in [-0.1, -0.05) is 0 Å². The van der Waals surface area contributed by atoms with E-state index in [0.717, 1.165) is 19.4 Å². The molecule has 0 aliphatic carbocycles. The Labute approximate surface area is 105 Å². The number of hydrogen-bond acceptors (Lipinski definition) is 6. The lowest BCUT2D eigenvalue weighted by Gasteiger charge is -2.23. The highest BCUT2D eigenvalue weighted by Gasteiger charge is 2.29. The van der Waals surface area contributed by atoms with Crippen molar-refractivity contribution < 1.29 is 9.47 Å². The van der Waals surface area contributed by atoms with Crippen molar-refractivity contribution in [2.24, 2.45) is 0 Å². The Kier molecular flexibility index (Phi) is 3.63. The van der Waals surface area contributed by atoms with Gasteiger partial charge in [-0.25, -0.2) is 0 Å². The third-order valence-corrected chi connectivity index (χ3v) is 2.86. The number of rotatable bonds is 4. The fourth-order valence-electron chi connectivity index (χ4n) is 1.74. The molecule has 0 saturated carbocycles. The molecule has 0 amide bonds. The molecule has 0 radical (unpaired) electrons. The molecular weight excluding hydrogens is 244 g/mol. The number of hydrogen-bond donors (Lipinski definition) is 1. The van der Waals surface area contributed by atoms with E-state index in [2.05, 4.69) is 27.2 Å². The molecule has 6 nitrogen and oxygen atoms in total. The van der Waals surface area contributed by atoms with Crippen molar-refractivity contribution in [1.82, 2.24) is 15.0 Å². The van der Waals surface area contributed by atoms with Crippen LogP contribution in [0.5, 0.6) is 6.01 Å². The summed E-state index contributed by atoms with van der Waals surface area (Å²) in [5.74, 6) is 0.401. The number of nitrogens with one attached hydrogen (secondary N) is 1. The number of aromatic nitrogens is 3. The van der Waals surface area contributed by atoms with Gasteiger partial charge in [0.05, 0.1) is 12.7 Å². The highest BCUT2D eigenvalue weighted by molar-refractivity contribution is 6.28. The van der Waals surface area contributed by atoms with E-state index < -0.39 is 0 Å². The van der Waals surface area contributed by atoms with Gasteiger partial charge in [0.1, 0.15) is 0 Å². The van der Waals surface area contributed by atoms with Gasteiger partial charge in [-0.05, 0) is 31.4 Å². The van der Waals surface area contributed by atoms with Gasteiger partial charge in [-0.15, -0.1) is 0 Å². The quantitative estimate of drug-likeness (QED) is 0.883. The van der Waals surface area contributed by atoms with Crippen molar-refractivity contribution in [3.8, 4) is 6.01 Å². The summed E-state index contributed by atoms with van der Waals surface area (Å²) >= 11 is 5.75. The summed E-state index contributed by atoms with van der Waals surface area (Å²) in [6.45, 7) is 3.50. The highest BCUT2D eigenvalue weighted by Crippen LogP contribution is 2.25. The highest BCUT2D eigenvalue weighted by atomic mass is 35.5. The lowest BCUT2D eigenvalue weighted by atomic mass is 10.0. The molecule has 1 atom stereocenters. The maximum atomic E-state index is 5.75. The third kappa shape index (κ3) is 3.17. The SMILES string of the molecule is COc1nc(Cl)nc(NCC2(C)CCCO2)n1. The minimum atomic E-state index is -0.160. The molecule has 1 N–H and O–H groups in total. The normalized spacial score (nSPS) is 23.7. The average Bonchev–Trinajstić information content (AvgIpc) is 2.73. The van der Waals surface area contributed by atoms with Crippen LogP contribution in [0.1, 0.15) is 19.8 Å². The van der Waals surface area contributed by atoms with Gasteiger partial charge in [0, 0.05) is 13.2 Å². The molecular formula is C10H15ClN4O2. The van der Waals surface area contributed by atoms with E-state index in [1.165, 1.54) is 7.11 Å². The minimum absolute atomic E-state index is 0.108. The average molecular weight is 259 g/mol. The molecule has 1 saturated heterocycles. The van der Waals surface area contributed by atoms with Crippen LogP contribution in [0.2, 0.25) is 5.28 Å². The molecule has 1 unspecified atom stereocenters. The van der Waals surface area contributed by atoms with Crippen LogP contribution in [0.15, 0.2) is 0 Å². The van der Waals surface area contributed by atoms with Crippen molar-refractivity contribution in [3.63, 3.8) is 0 Å². The van der Waals surface area contributed by atoms with Crippen molar-refractivity contribution in [3.05, 3.63) is 5.28 Å². The summed E-state index contributed by atoms with van der Waals surface area (Å²) in [5, 5.41) is 3.20. The maximum absolute atomic E-state index is 5.75. The zero-order valence-corrected chi connectivity index (χ0v) is 10.6. The summed E-state index contributed by atoms with van der Waals surface area (Å²) in [5.41, 5.74) is -0.160. The Morgan fingerprint density at radius 2 is 2.29 bits per heavy atom. The van der Waals surface area contributed by atoms with Gasteiger partial charge in [-0.2, -0.15) is 15.0 Å². The van der Waals surface area contributed by atoms with Crippen LogP contribution in [-0.2, 0) is 4.74 Å². The second-order valence-electron chi connectivity index (χ2n) is 4.17. The molecule has 2 heterocycles. The van der Waals surface area contributed by atoms with E-state index in [1.54, 1.807) is 0 Å². The van der Waals surface area contributed by atoms with Crippen LogP contribution in [0.4, 0.5) is 5.95 Å². The van der Waals surface area contributed by atoms with Gasteiger partial charge in [0.15, 0.2) is 0 Å². The second kappa shape index (κ2) is 5.01. The molecule has 0 aromatic carbocycles. The van der Waals surface area contributed by atoms with E-state index in [9.17, 15) is 0 Å². The number of ether oxygens (including phenoxy) is 2. The first kappa shape index (κ1) is 12.3. The lowest BCUT2D eigenvalue weighted by molar-refractivity contribution is 0.0314. The Balaban J connectivity index is 2.00. The van der Waals surface area contributed by atoms with Gasteiger partial charge in [0.2, 0.25) is 11.2 Å². The summed E-state index contributed by atoms with van der Waals surface area (Å²) < 4.78 is 10.6. The topological polar surface area (TPSA) is 69.2 Å². The van der Waals surface area contributed by atoms with Crippen molar-refractivity contribution in [2.45, 2.75) is 25.4 Å². The molecule has 7 heteroatoms. The number of anilines is 1. The number of nitrogens with zero attached hydrogens (tertiary/aromatic N) is 3. The van der Waals surface area contributed by atoms with Gasteiger partial charge in [-0.3, -0.25) is 0 Å². The largest absolute Gasteiger partial charge is 0.467 e. The Hall–Kier alpha value is -1.14. The Morgan fingerprint density at radius 3 is 2.94 bits per heavy atom. The van der Waals surface area contributed by atoms with E-state index >= 15 is 0 Å². The predicted octanol–water partition coefficient (Wildman–Crippen LogP) is 1.51. The minimum Gasteiger partial charge on any atom is -0.467 e. The van der Waals surface area contributed by atoms with Crippen LogP contribution in [-0.4, -0.2) is 40.8 Å². The second-order valence-corrected chi connectivity index (χ2v) is 4.51. The third-order valence-electron chi connectivity index (χ3n) is 2.69. The van der Waals surface area contributed by atoms with Crippen molar-refractivity contribution in [1.29, 1.82) is 0 Å².